The van der Waals surface area contributed by atoms with Gasteiger partial charge in [0, 0.05) is 0 Å². The van der Waals surface area contributed by atoms with Gasteiger partial charge in [-0.1, -0.05) is 0 Å². The molecule has 8 heterocycles. The largest absolute Gasteiger partial charge is 0.388 e. The summed E-state index contributed by atoms with van der Waals surface area (Å²) in [6, 6.07) is 0. The van der Waals surface area contributed by atoms with Crippen LogP contribution in [0, 0.1) is 0 Å². The quantitative estimate of drug-likeness (QED) is 0.0768. The van der Waals surface area contributed by atoms with Gasteiger partial charge in [-0.15, -0.1) is 0 Å². The lowest BCUT2D eigenvalue weighted by molar-refractivity contribution is -0.368. The first-order valence-electron chi connectivity index (χ1n) is 23.4. The number of rotatable bonds is 14. The summed E-state index contributed by atoms with van der Waals surface area (Å²) in [4.78, 5) is 0. The van der Waals surface area contributed by atoms with Crippen molar-refractivity contribution in [1.29, 1.82) is 0 Å². The SMILES string of the molecule is OC1COC(OC2COC(OC3COC(OC4COC(OC5COC(OC6COC(OC7COC(OC8COC(O)C(O)C8O)C(O)C7O)C(O)C6O)C(O)C5O)C(O)C4O)C(O)C3O)C(O)C2O)C(O)C1O. The van der Waals surface area contributed by atoms with Crippen LogP contribution in [0.1, 0.15) is 0 Å². The molecule has 0 amide bonds. The number of hydrogen-bond donors (Lipinski definition) is 18. The van der Waals surface area contributed by atoms with Crippen molar-refractivity contribution in [2.75, 3.05) is 52.9 Å². The van der Waals surface area contributed by atoms with Crippen LogP contribution in [-0.4, -0.2) is 342 Å². The Kier molecular flexibility index (Phi) is 19.6. The first-order chi connectivity index (χ1) is 34.6. The molecule has 0 radical (unpaired) electrons. The van der Waals surface area contributed by atoms with Gasteiger partial charge in [-0.05, 0) is 0 Å². The molecular weight excluding hydrogens is 1010 g/mol. The predicted octanol–water partition coefficient (Wildman–Crippen LogP) is -13.3. The van der Waals surface area contributed by atoms with E-state index >= 15 is 0 Å². The van der Waals surface area contributed by atoms with Crippen LogP contribution in [0.3, 0.4) is 0 Å². The molecule has 33 nitrogen and oxygen atoms in total. The number of aliphatic hydroxyl groups is 18. The highest BCUT2D eigenvalue weighted by molar-refractivity contribution is 4.95. The van der Waals surface area contributed by atoms with Gasteiger partial charge in [-0.25, -0.2) is 0 Å². The highest BCUT2D eigenvalue weighted by Gasteiger charge is 2.53. The Morgan fingerprint density at radius 1 is 0.192 bits per heavy atom. The normalized spacial score (nSPS) is 54.5. The average Bonchev–Trinajstić information content (AvgIpc) is 3.37. The third-order valence-electron chi connectivity index (χ3n) is 13.7. The molecule has 8 aliphatic rings. The molecule has 8 fully saturated rings. The maximum atomic E-state index is 11.0. The van der Waals surface area contributed by atoms with E-state index in [9.17, 15) is 91.9 Å². The molecule has 0 aromatic rings. The van der Waals surface area contributed by atoms with Crippen molar-refractivity contribution in [3.63, 3.8) is 0 Å². The van der Waals surface area contributed by atoms with Crippen LogP contribution in [0.4, 0.5) is 0 Å². The van der Waals surface area contributed by atoms with E-state index in [-0.39, 0.29) is 13.2 Å². The van der Waals surface area contributed by atoms with Gasteiger partial charge in [0.05, 0.1) is 52.9 Å². The fourth-order valence-corrected chi connectivity index (χ4v) is 9.05. The second-order valence-electron chi connectivity index (χ2n) is 18.8. The summed E-state index contributed by atoms with van der Waals surface area (Å²) >= 11 is 0. The van der Waals surface area contributed by atoms with Gasteiger partial charge < -0.3 is 163 Å². The lowest BCUT2D eigenvalue weighted by Crippen LogP contribution is -2.63. The minimum absolute atomic E-state index is 0.386. The number of ether oxygens (including phenoxy) is 15. The average molecular weight is 1070 g/mol. The molecule has 8 saturated heterocycles. The second-order valence-corrected chi connectivity index (χ2v) is 18.8. The molecule has 424 valence electrons. The summed E-state index contributed by atoms with van der Waals surface area (Å²) in [5, 5.41) is 189. The van der Waals surface area contributed by atoms with Gasteiger partial charge in [0.15, 0.2) is 50.3 Å². The van der Waals surface area contributed by atoms with Crippen LogP contribution in [0.5, 0.6) is 0 Å². The van der Waals surface area contributed by atoms with Crippen molar-refractivity contribution in [3.05, 3.63) is 0 Å². The van der Waals surface area contributed by atoms with Crippen LogP contribution in [-0.2, 0) is 71.1 Å². The van der Waals surface area contributed by atoms with Gasteiger partial charge in [0.1, 0.15) is 146 Å². The number of aliphatic hydroxyl groups excluding tert-OH is 18. The van der Waals surface area contributed by atoms with Crippen molar-refractivity contribution in [3.8, 4) is 0 Å². The van der Waals surface area contributed by atoms with Crippen LogP contribution < -0.4 is 0 Å². The summed E-state index contributed by atoms with van der Waals surface area (Å²) in [7, 11) is 0. The van der Waals surface area contributed by atoms with E-state index < -0.39 is 236 Å². The Labute approximate surface area is 412 Å². The lowest BCUT2D eigenvalue weighted by atomic mass is 10.0. The monoisotopic (exact) mass is 1070 g/mol. The van der Waals surface area contributed by atoms with Gasteiger partial charge >= 0.3 is 0 Å². The van der Waals surface area contributed by atoms with Crippen molar-refractivity contribution >= 4 is 0 Å². The molecule has 18 N–H and O–H groups in total. The van der Waals surface area contributed by atoms with E-state index in [1.54, 1.807) is 0 Å². The van der Waals surface area contributed by atoms with Crippen LogP contribution in [0.15, 0.2) is 0 Å². The topological polar surface area (TPSA) is 503 Å². The summed E-state index contributed by atoms with van der Waals surface area (Å²) < 4.78 is 82.0. The minimum atomic E-state index is -1.89. The first kappa shape index (κ1) is 57.8. The van der Waals surface area contributed by atoms with Crippen LogP contribution >= 0.6 is 0 Å². The van der Waals surface area contributed by atoms with E-state index in [0.717, 1.165) is 0 Å². The summed E-state index contributed by atoms with van der Waals surface area (Å²) in [5.74, 6) is 0. The van der Waals surface area contributed by atoms with E-state index in [1.165, 1.54) is 0 Å². The molecule has 0 spiro atoms. The first-order valence-corrected chi connectivity index (χ1v) is 23.4. The van der Waals surface area contributed by atoms with Gasteiger partial charge in [0.2, 0.25) is 0 Å². The fourth-order valence-electron chi connectivity index (χ4n) is 9.05. The van der Waals surface area contributed by atoms with E-state index in [4.69, 9.17) is 71.1 Å². The summed E-state index contributed by atoms with van der Waals surface area (Å²) in [6.07, 6.45) is -52.2. The van der Waals surface area contributed by atoms with Gasteiger partial charge in [-0.3, -0.25) is 0 Å². The minimum Gasteiger partial charge on any atom is -0.388 e. The fraction of sp³-hybridized carbons (Fsp3) is 1.00. The standard InChI is InChI=1S/C40H66O33/c41-9-1-60-34(26(51)17(9)42)68-11-3-62-36(28(53)19(11)44)70-13-5-64-38(30(55)21(13)46)72-15-7-66-40(32(57)23(15)48)73-16-8-65-39(31(56)24(16)49)71-14-6-63-37(29(54)22(14)47)69-12-4-61-35(27(52)20(12)45)67-10-2-59-33(58)25(50)18(10)43/h9-58H,1-8H2. The highest BCUT2D eigenvalue weighted by Crippen LogP contribution is 2.33. The molecule has 0 saturated carbocycles. The Morgan fingerprint density at radius 2 is 0.370 bits per heavy atom. The molecule has 73 heavy (non-hydrogen) atoms. The molecule has 33 heteroatoms. The van der Waals surface area contributed by atoms with Crippen molar-refractivity contribution in [2.45, 2.75) is 197 Å². The van der Waals surface area contributed by atoms with E-state index in [2.05, 4.69) is 0 Å². The number of hydrogen-bond acceptors (Lipinski definition) is 33. The molecule has 32 unspecified atom stereocenters. The Balaban J connectivity index is 0.739. The lowest BCUT2D eigenvalue weighted by Gasteiger charge is -2.45. The van der Waals surface area contributed by atoms with Crippen molar-refractivity contribution < 1.29 is 163 Å². The molecule has 0 aromatic carbocycles. The van der Waals surface area contributed by atoms with Crippen LogP contribution in [0.2, 0.25) is 0 Å². The molecule has 8 rings (SSSR count). The molecule has 8 aliphatic heterocycles. The van der Waals surface area contributed by atoms with Gasteiger partial charge in [-0.2, -0.15) is 0 Å². The third-order valence-corrected chi connectivity index (χ3v) is 13.7. The Hall–Kier alpha value is -1.32. The summed E-state index contributed by atoms with van der Waals surface area (Å²) in [6.45, 7) is -3.74. The Bertz CT molecular complexity index is 1600. The zero-order valence-corrected chi connectivity index (χ0v) is 38.3. The maximum absolute atomic E-state index is 11.0. The van der Waals surface area contributed by atoms with E-state index in [1.807, 2.05) is 0 Å². The van der Waals surface area contributed by atoms with Crippen molar-refractivity contribution in [2.24, 2.45) is 0 Å². The molecular formula is C40H66O33. The Morgan fingerprint density at radius 3 is 0.603 bits per heavy atom. The molecule has 0 aromatic heterocycles. The van der Waals surface area contributed by atoms with Crippen molar-refractivity contribution in [1.82, 2.24) is 0 Å². The summed E-state index contributed by atoms with van der Waals surface area (Å²) in [5.41, 5.74) is 0. The smallest absolute Gasteiger partial charge is 0.186 e. The third kappa shape index (κ3) is 12.6. The molecule has 0 bridgehead atoms. The zero-order chi connectivity index (χ0) is 52.7. The second kappa shape index (κ2) is 24.8. The van der Waals surface area contributed by atoms with Crippen LogP contribution in [0.25, 0.3) is 0 Å². The maximum Gasteiger partial charge on any atom is 0.186 e. The molecule has 32 atom stereocenters. The highest BCUT2D eigenvalue weighted by atomic mass is 16.8. The molecule has 0 aliphatic carbocycles. The zero-order valence-electron chi connectivity index (χ0n) is 38.3. The predicted molar refractivity (Wildman–Crippen MR) is 216 cm³/mol. The van der Waals surface area contributed by atoms with E-state index in [0.29, 0.717) is 0 Å². The van der Waals surface area contributed by atoms with Gasteiger partial charge in [0.25, 0.3) is 0 Å².